The first-order valence-corrected chi connectivity index (χ1v) is 6.88. The predicted octanol–water partition coefficient (Wildman–Crippen LogP) is 2.48. The zero-order valence-corrected chi connectivity index (χ0v) is 10.7. The Hall–Kier alpha value is -0.180. The SMILES string of the molecule is CC(C)C(=O)CP1(=O)OCC(C)(C)CO1. The highest BCUT2D eigenvalue weighted by Gasteiger charge is 2.38. The molecule has 0 unspecified atom stereocenters. The summed E-state index contributed by atoms with van der Waals surface area (Å²) in [5, 5.41) is 0. The van der Waals surface area contributed by atoms with Gasteiger partial charge in [-0.05, 0) is 0 Å². The van der Waals surface area contributed by atoms with Gasteiger partial charge in [0, 0.05) is 11.3 Å². The number of rotatable bonds is 3. The van der Waals surface area contributed by atoms with E-state index in [0.717, 1.165) is 0 Å². The molecule has 1 heterocycles. The third kappa shape index (κ3) is 3.71. The molecule has 0 bridgehead atoms. The maximum absolute atomic E-state index is 12.0. The standard InChI is InChI=1S/C10H19O4P/c1-8(2)9(11)5-15(12)13-6-10(3,4)7-14-15/h8H,5-7H2,1-4H3. The third-order valence-corrected chi connectivity index (χ3v) is 4.04. The van der Waals surface area contributed by atoms with Gasteiger partial charge in [0.1, 0.15) is 11.9 Å². The molecule has 0 aliphatic carbocycles. The van der Waals surface area contributed by atoms with Crippen LogP contribution < -0.4 is 0 Å². The van der Waals surface area contributed by atoms with E-state index in [9.17, 15) is 9.36 Å². The zero-order chi connectivity index (χ0) is 11.7. The summed E-state index contributed by atoms with van der Waals surface area (Å²) in [7, 11) is -3.15. The van der Waals surface area contributed by atoms with Crippen molar-refractivity contribution in [3.05, 3.63) is 0 Å². The molecule has 0 atom stereocenters. The van der Waals surface area contributed by atoms with Crippen molar-refractivity contribution in [2.24, 2.45) is 11.3 Å². The fourth-order valence-corrected chi connectivity index (χ4v) is 3.19. The minimum Gasteiger partial charge on any atom is -0.308 e. The number of carbonyl (C=O) groups excluding carboxylic acids is 1. The van der Waals surface area contributed by atoms with Crippen LogP contribution in [0, 0.1) is 11.3 Å². The quantitative estimate of drug-likeness (QED) is 0.704. The summed E-state index contributed by atoms with van der Waals surface area (Å²) in [5.41, 5.74) is -0.116. The van der Waals surface area contributed by atoms with Crippen molar-refractivity contribution in [1.29, 1.82) is 0 Å². The Balaban J connectivity index is 2.56. The smallest absolute Gasteiger partial charge is 0.308 e. The van der Waals surface area contributed by atoms with Crippen LogP contribution in [-0.4, -0.2) is 25.2 Å². The largest absolute Gasteiger partial charge is 0.338 e. The molecule has 88 valence electrons. The molecule has 0 aromatic carbocycles. The normalized spacial score (nSPS) is 24.1. The fraction of sp³-hybridized carbons (Fsp3) is 0.900. The van der Waals surface area contributed by atoms with Crippen molar-refractivity contribution in [2.45, 2.75) is 27.7 Å². The number of hydrogen-bond donors (Lipinski definition) is 0. The molecule has 1 fully saturated rings. The second kappa shape index (κ2) is 4.36. The minimum absolute atomic E-state index is 0.0713. The maximum atomic E-state index is 12.0. The lowest BCUT2D eigenvalue weighted by Crippen LogP contribution is -2.31. The van der Waals surface area contributed by atoms with Gasteiger partial charge in [-0.2, -0.15) is 0 Å². The van der Waals surface area contributed by atoms with Gasteiger partial charge in [-0.15, -0.1) is 0 Å². The molecule has 1 aliphatic heterocycles. The van der Waals surface area contributed by atoms with E-state index in [1.807, 2.05) is 13.8 Å². The zero-order valence-electron chi connectivity index (χ0n) is 9.78. The summed E-state index contributed by atoms with van der Waals surface area (Å²) in [6.07, 6.45) is -0.0965. The van der Waals surface area contributed by atoms with Crippen molar-refractivity contribution in [1.82, 2.24) is 0 Å². The first-order chi connectivity index (χ1) is 6.74. The molecule has 15 heavy (non-hydrogen) atoms. The van der Waals surface area contributed by atoms with Crippen molar-refractivity contribution in [2.75, 3.05) is 19.4 Å². The monoisotopic (exact) mass is 234 g/mol. The van der Waals surface area contributed by atoms with Crippen LogP contribution in [0.5, 0.6) is 0 Å². The molecule has 5 heteroatoms. The Labute approximate surface area is 90.9 Å². The predicted molar refractivity (Wildman–Crippen MR) is 58.0 cm³/mol. The molecular weight excluding hydrogens is 215 g/mol. The van der Waals surface area contributed by atoms with E-state index in [1.54, 1.807) is 13.8 Å². The van der Waals surface area contributed by atoms with Crippen LogP contribution in [0.4, 0.5) is 0 Å². The number of hydrogen-bond acceptors (Lipinski definition) is 4. The molecule has 1 aliphatic rings. The van der Waals surface area contributed by atoms with Crippen molar-refractivity contribution in [3.8, 4) is 0 Å². The van der Waals surface area contributed by atoms with Gasteiger partial charge >= 0.3 is 7.60 Å². The van der Waals surface area contributed by atoms with Gasteiger partial charge < -0.3 is 9.05 Å². The first kappa shape index (κ1) is 12.9. The number of carbonyl (C=O) groups is 1. The van der Waals surface area contributed by atoms with Crippen LogP contribution in [0.25, 0.3) is 0 Å². The lowest BCUT2D eigenvalue weighted by atomic mass is 9.97. The summed E-state index contributed by atoms with van der Waals surface area (Å²) in [4.78, 5) is 11.4. The van der Waals surface area contributed by atoms with Gasteiger partial charge in [0.15, 0.2) is 0 Å². The lowest BCUT2D eigenvalue weighted by Gasteiger charge is -2.33. The molecular formula is C10H19O4P. The van der Waals surface area contributed by atoms with E-state index >= 15 is 0 Å². The van der Waals surface area contributed by atoms with Crippen LogP contribution in [0.1, 0.15) is 27.7 Å². The van der Waals surface area contributed by atoms with Crippen LogP contribution in [-0.2, 0) is 18.4 Å². The van der Waals surface area contributed by atoms with Crippen molar-refractivity contribution < 1.29 is 18.4 Å². The number of ketones is 1. The summed E-state index contributed by atoms with van der Waals surface area (Å²) >= 11 is 0. The van der Waals surface area contributed by atoms with Crippen molar-refractivity contribution in [3.63, 3.8) is 0 Å². The van der Waals surface area contributed by atoms with E-state index in [4.69, 9.17) is 9.05 Å². The van der Waals surface area contributed by atoms with Crippen LogP contribution in [0.3, 0.4) is 0 Å². The average molecular weight is 234 g/mol. The maximum Gasteiger partial charge on any atom is 0.338 e. The average Bonchev–Trinajstić information content (AvgIpc) is 2.11. The molecule has 0 aromatic rings. The van der Waals surface area contributed by atoms with E-state index in [1.165, 1.54) is 0 Å². The fourth-order valence-electron chi connectivity index (χ4n) is 1.09. The second-order valence-corrected chi connectivity index (χ2v) is 7.16. The lowest BCUT2D eigenvalue weighted by molar-refractivity contribution is -0.119. The molecule has 1 saturated heterocycles. The second-order valence-electron chi connectivity index (χ2n) is 5.10. The Morgan fingerprint density at radius 2 is 1.80 bits per heavy atom. The Morgan fingerprint density at radius 1 is 1.33 bits per heavy atom. The Morgan fingerprint density at radius 3 is 2.20 bits per heavy atom. The van der Waals surface area contributed by atoms with Crippen LogP contribution >= 0.6 is 7.60 Å². The Bertz CT molecular complexity index is 282. The highest BCUT2D eigenvalue weighted by molar-refractivity contribution is 7.54. The van der Waals surface area contributed by atoms with E-state index in [2.05, 4.69) is 0 Å². The Kier molecular flexibility index (Phi) is 3.75. The highest BCUT2D eigenvalue weighted by atomic mass is 31.2. The molecule has 0 radical (unpaired) electrons. The van der Waals surface area contributed by atoms with Gasteiger partial charge in [0.2, 0.25) is 0 Å². The van der Waals surface area contributed by atoms with Crippen LogP contribution in [0.15, 0.2) is 0 Å². The highest BCUT2D eigenvalue weighted by Crippen LogP contribution is 2.53. The van der Waals surface area contributed by atoms with Crippen LogP contribution in [0.2, 0.25) is 0 Å². The van der Waals surface area contributed by atoms with Gasteiger partial charge in [0.25, 0.3) is 0 Å². The van der Waals surface area contributed by atoms with Gasteiger partial charge in [-0.1, -0.05) is 27.7 Å². The summed E-state index contributed by atoms with van der Waals surface area (Å²) in [6.45, 7) is 8.28. The molecule has 4 nitrogen and oxygen atoms in total. The third-order valence-electron chi connectivity index (χ3n) is 2.30. The summed E-state index contributed by atoms with van der Waals surface area (Å²) in [6, 6.07) is 0. The molecule has 0 aromatic heterocycles. The topological polar surface area (TPSA) is 52.6 Å². The summed E-state index contributed by atoms with van der Waals surface area (Å²) < 4.78 is 22.4. The molecule has 0 spiro atoms. The first-order valence-electron chi connectivity index (χ1n) is 5.15. The molecule has 0 N–H and O–H groups in total. The van der Waals surface area contributed by atoms with E-state index in [0.29, 0.717) is 13.2 Å². The minimum atomic E-state index is -3.15. The van der Waals surface area contributed by atoms with Crippen molar-refractivity contribution >= 4 is 13.4 Å². The van der Waals surface area contributed by atoms with Gasteiger partial charge in [-0.3, -0.25) is 9.36 Å². The number of Topliss-reactive ketones (excluding diaryl/α,β-unsaturated/α-hetero) is 1. The van der Waals surface area contributed by atoms with Gasteiger partial charge in [-0.25, -0.2) is 0 Å². The molecule has 1 rings (SSSR count). The van der Waals surface area contributed by atoms with Gasteiger partial charge in [0.05, 0.1) is 13.2 Å². The molecule has 0 amide bonds. The van der Waals surface area contributed by atoms with E-state index < -0.39 is 7.60 Å². The van der Waals surface area contributed by atoms with E-state index in [-0.39, 0.29) is 23.3 Å². The summed E-state index contributed by atoms with van der Waals surface area (Å²) in [5.74, 6) is -0.198. The molecule has 0 saturated carbocycles.